The Hall–Kier alpha value is -1.94. The minimum Gasteiger partial charge on any atom is -0.462 e. The highest BCUT2D eigenvalue weighted by Gasteiger charge is 2.31. The number of ether oxygens (including phenoxy) is 4. The average molecular weight is 1620 g/mol. The van der Waals surface area contributed by atoms with Crippen molar-refractivity contribution in [3.05, 3.63) is 0 Å². The number of unbranched alkanes of at least 4 members (excludes halogenated alkanes) is 64. The number of carbonyl (C=O) groups is 4. The zero-order chi connectivity index (χ0) is 81.1. The second-order valence-electron chi connectivity index (χ2n) is 33.5. The lowest BCUT2D eigenvalue weighted by Gasteiger charge is -2.21. The third-order valence-electron chi connectivity index (χ3n) is 21.8. The maximum atomic E-state index is 13.2. The molecular weight excluding hydrogens is 1440 g/mol. The van der Waals surface area contributed by atoms with Gasteiger partial charge in [0.05, 0.1) is 26.4 Å². The molecule has 0 radical (unpaired) electrons. The highest BCUT2D eigenvalue weighted by atomic mass is 31.2. The average Bonchev–Trinajstić information content (AvgIpc) is 0.910. The van der Waals surface area contributed by atoms with Crippen LogP contribution in [0, 0.1) is 5.92 Å². The maximum Gasteiger partial charge on any atom is 0.472 e. The molecule has 660 valence electrons. The molecule has 0 spiro atoms. The lowest BCUT2D eigenvalue weighted by molar-refractivity contribution is -0.161. The van der Waals surface area contributed by atoms with Gasteiger partial charge >= 0.3 is 39.5 Å². The van der Waals surface area contributed by atoms with Crippen LogP contribution < -0.4 is 0 Å². The first kappa shape index (κ1) is 109. The van der Waals surface area contributed by atoms with Crippen molar-refractivity contribution in [3.8, 4) is 0 Å². The predicted molar refractivity (Wildman–Crippen MR) is 460 cm³/mol. The normalized spacial score (nSPS) is 13.7. The topological polar surface area (TPSA) is 237 Å². The van der Waals surface area contributed by atoms with Crippen molar-refractivity contribution in [2.75, 3.05) is 39.6 Å². The number of phosphoric ester groups is 2. The number of carbonyl (C=O) groups excluding carboxylic acids is 4. The van der Waals surface area contributed by atoms with Crippen LogP contribution in [-0.2, 0) is 65.4 Å². The third kappa shape index (κ3) is 85.8. The predicted octanol–water partition coefficient (Wildman–Crippen LogP) is 28.7. The van der Waals surface area contributed by atoms with E-state index >= 15 is 0 Å². The first-order valence-corrected chi connectivity index (χ1v) is 50.6. The van der Waals surface area contributed by atoms with E-state index < -0.39 is 97.5 Å². The van der Waals surface area contributed by atoms with Gasteiger partial charge in [-0.05, 0) is 31.6 Å². The van der Waals surface area contributed by atoms with E-state index in [4.69, 9.17) is 37.0 Å². The molecule has 2 unspecified atom stereocenters. The van der Waals surface area contributed by atoms with Gasteiger partial charge in [-0.25, -0.2) is 9.13 Å². The lowest BCUT2D eigenvalue weighted by Crippen LogP contribution is -2.30. The Morgan fingerprint density at radius 1 is 0.243 bits per heavy atom. The van der Waals surface area contributed by atoms with Crippen LogP contribution in [0.2, 0.25) is 0 Å². The van der Waals surface area contributed by atoms with Crippen LogP contribution in [0.3, 0.4) is 0 Å². The Morgan fingerprint density at radius 3 is 0.613 bits per heavy atom. The molecule has 0 aliphatic carbocycles. The van der Waals surface area contributed by atoms with Crippen LogP contribution in [0.4, 0.5) is 0 Å². The summed E-state index contributed by atoms with van der Waals surface area (Å²) in [5.41, 5.74) is 0. The molecule has 0 saturated carbocycles. The summed E-state index contributed by atoms with van der Waals surface area (Å²) in [5, 5.41) is 10.7. The fraction of sp³-hybridized carbons (Fsp3) is 0.957. The fourth-order valence-electron chi connectivity index (χ4n) is 14.5. The van der Waals surface area contributed by atoms with Gasteiger partial charge in [0, 0.05) is 25.7 Å². The van der Waals surface area contributed by atoms with Crippen LogP contribution in [0.5, 0.6) is 0 Å². The fourth-order valence-corrected chi connectivity index (χ4v) is 16.1. The van der Waals surface area contributed by atoms with Crippen LogP contribution in [-0.4, -0.2) is 96.7 Å². The minimum atomic E-state index is -4.97. The molecule has 0 fully saturated rings. The van der Waals surface area contributed by atoms with Gasteiger partial charge in [-0.15, -0.1) is 0 Å². The Morgan fingerprint density at radius 2 is 0.414 bits per heavy atom. The molecule has 0 amide bonds. The zero-order valence-electron chi connectivity index (χ0n) is 73.1. The van der Waals surface area contributed by atoms with Gasteiger partial charge in [-0.2, -0.15) is 0 Å². The summed E-state index contributed by atoms with van der Waals surface area (Å²) in [7, 11) is -9.94. The van der Waals surface area contributed by atoms with Gasteiger partial charge in [-0.3, -0.25) is 37.3 Å². The third-order valence-corrected chi connectivity index (χ3v) is 23.7. The van der Waals surface area contributed by atoms with E-state index in [2.05, 4.69) is 34.6 Å². The summed E-state index contributed by atoms with van der Waals surface area (Å²) in [6.45, 7) is 7.41. The Kier molecular flexibility index (Phi) is 83.0. The van der Waals surface area contributed by atoms with Gasteiger partial charge in [0.1, 0.15) is 19.3 Å². The number of hydrogen-bond acceptors (Lipinski definition) is 15. The van der Waals surface area contributed by atoms with Crippen LogP contribution in [0.1, 0.15) is 503 Å². The van der Waals surface area contributed by atoms with Crippen LogP contribution in [0.25, 0.3) is 0 Å². The second kappa shape index (κ2) is 84.5. The van der Waals surface area contributed by atoms with Gasteiger partial charge < -0.3 is 33.8 Å². The van der Waals surface area contributed by atoms with E-state index in [-0.39, 0.29) is 25.7 Å². The molecule has 19 heteroatoms. The van der Waals surface area contributed by atoms with E-state index in [1.165, 1.54) is 327 Å². The monoisotopic (exact) mass is 1620 g/mol. The first-order valence-electron chi connectivity index (χ1n) is 47.6. The summed E-state index contributed by atoms with van der Waals surface area (Å²) in [4.78, 5) is 73.4. The van der Waals surface area contributed by atoms with Gasteiger partial charge in [-0.1, -0.05) is 452 Å². The molecule has 0 saturated heterocycles. The SMILES string of the molecule is CCCCCCCCCCCCCCCCCCCCCCCCC(=O)O[C@H](COC(=O)CCCCCCCCCCCCCCCCCCCCCCC)COP(=O)(O)OC[C@@H](O)COP(=O)(O)OC[C@@H](COC(=O)CCCCCCCCCCCCCC)OC(=O)CCCCCCCCCCCCCCCC(C)C. The molecule has 0 rings (SSSR count). The number of aliphatic hydroxyl groups excluding tert-OH is 1. The molecule has 3 N–H and O–H groups in total. The largest absolute Gasteiger partial charge is 0.472 e. The molecular formula is C92H180O17P2. The standard InChI is InChI=1S/C92H180O17P2/c1-6-9-12-15-18-21-24-27-29-31-33-35-37-39-41-43-47-52-57-62-67-72-77-91(96)108-88(82-103-90(95)76-71-66-61-56-51-46-42-40-38-36-34-32-30-28-25-22-19-16-13-10-7-2)84-107-111(100,101)105-80-86(93)79-104-110(98,99)106-83-87(81-102-89(94)75-70-65-60-55-50-26-23-20-17-14-11-8-3)109-92(97)78-73-68-63-58-53-48-44-45-49-54-59-64-69-74-85(4)5/h85-88,93H,6-84H2,1-5H3,(H,98,99)(H,100,101)/t86-,87+,88+/m0/s1. The van der Waals surface area contributed by atoms with Crippen LogP contribution in [0.15, 0.2) is 0 Å². The summed E-state index contributed by atoms with van der Waals surface area (Å²) >= 11 is 0. The maximum absolute atomic E-state index is 13.2. The smallest absolute Gasteiger partial charge is 0.462 e. The Labute approximate surface area is 683 Å². The van der Waals surface area contributed by atoms with Crippen molar-refractivity contribution in [2.24, 2.45) is 5.92 Å². The number of aliphatic hydroxyl groups is 1. The van der Waals surface area contributed by atoms with E-state index in [0.29, 0.717) is 25.7 Å². The summed E-state index contributed by atoms with van der Waals surface area (Å²) < 4.78 is 69.1. The summed E-state index contributed by atoms with van der Waals surface area (Å²) in [5.74, 6) is -1.31. The van der Waals surface area contributed by atoms with E-state index in [1.807, 2.05) is 0 Å². The molecule has 0 aromatic rings. The van der Waals surface area contributed by atoms with Crippen molar-refractivity contribution in [1.29, 1.82) is 0 Å². The number of rotatable bonds is 92. The number of phosphoric acid groups is 2. The molecule has 0 aliphatic rings. The lowest BCUT2D eigenvalue weighted by atomic mass is 10.0. The number of hydrogen-bond donors (Lipinski definition) is 3. The van der Waals surface area contributed by atoms with Crippen molar-refractivity contribution in [2.45, 2.75) is 522 Å². The summed E-state index contributed by atoms with van der Waals surface area (Å²) in [6, 6.07) is 0. The Balaban J connectivity index is 5.23. The zero-order valence-corrected chi connectivity index (χ0v) is 74.9. The molecule has 0 bridgehead atoms. The molecule has 0 aromatic carbocycles. The molecule has 111 heavy (non-hydrogen) atoms. The molecule has 0 aromatic heterocycles. The molecule has 17 nitrogen and oxygen atoms in total. The highest BCUT2D eigenvalue weighted by molar-refractivity contribution is 7.47. The minimum absolute atomic E-state index is 0.108. The van der Waals surface area contributed by atoms with Gasteiger partial charge in [0.15, 0.2) is 12.2 Å². The molecule has 0 heterocycles. The first-order chi connectivity index (χ1) is 54.0. The van der Waals surface area contributed by atoms with Crippen molar-refractivity contribution in [3.63, 3.8) is 0 Å². The molecule has 5 atom stereocenters. The Bertz CT molecular complexity index is 2100. The second-order valence-corrected chi connectivity index (χ2v) is 36.4. The van der Waals surface area contributed by atoms with Crippen molar-refractivity contribution >= 4 is 39.5 Å². The highest BCUT2D eigenvalue weighted by Crippen LogP contribution is 2.45. The number of esters is 4. The van der Waals surface area contributed by atoms with E-state index in [9.17, 15) is 43.2 Å². The van der Waals surface area contributed by atoms with E-state index in [1.54, 1.807) is 0 Å². The van der Waals surface area contributed by atoms with Gasteiger partial charge in [0.2, 0.25) is 0 Å². The van der Waals surface area contributed by atoms with Crippen LogP contribution >= 0.6 is 15.6 Å². The molecule has 0 aliphatic heterocycles. The van der Waals surface area contributed by atoms with Gasteiger partial charge in [0.25, 0.3) is 0 Å². The van der Waals surface area contributed by atoms with E-state index in [0.717, 1.165) is 95.8 Å². The van der Waals surface area contributed by atoms with Crippen molar-refractivity contribution in [1.82, 2.24) is 0 Å². The summed E-state index contributed by atoms with van der Waals surface area (Å²) in [6.07, 6.45) is 80.7. The quantitative estimate of drug-likeness (QED) is 0.0222. The van der Waals surface area contributed by atoms with Crippen molar-refractivity contribution < 1.29 is 80.2 Å².